The van der Waals surface area contributed by atoms with Crippen LogP contribution in [0.15, 0.2) is 131 Å². The van der Waals surface area contributed by atoms with Crippen molar-refractivity contribution in [1.82, 2.24) is 14.9 Å². The number of hydrogen-bond donors (Lipinski definition) is 3. The number of aromatic amines is 1. The molecule has 4 atom stereocenters. The van der Waals surface area contributed by atoms with Crippen molar-refractivity contribution in [1.29, 1.82) is 0 Å². The summed E-state index contributed by atoms with van der Waals surface area (Å²) in [6.07, 6.45) is -3.18. The Morgan fingerprint density at radius 3 is 2.12 bits per heavy atom. The summed E-state index contributed by atoms with van der Waals surface area (Å²) in [5.74, 6) is 0.649. The van der Waals surface area contributed by atoms with Crippen LogP contribution in [0.4, 0.5) is 10.5 Å². The highest BCUT2D eigenvalue weighted by Gasteiger charge is 2.48. The lowest BCUT2D eigenvalue weighted by Gasteiger charge is -2.37. The topological polar surface area (TPSA) is 184 Å². The number of alkyl carbamates (subject to hydrolysis) is 1. The molecule has 0 aliphatic carbocycles. The van der Waals surface area contributed by atoms with Crippen LogP contribution in [0.5, 0.6) is 5.75 Å². The molecular weight excluding hydrogens is 672 g/mol. The van der Waals surface area contributed by atoms with Gasteiger partial charge in [0.05, 0.1) is 25.2 Å². The summed E-state index contributed by atoms with van der Waals surface area (Å²) in [6, 6.07) is 32.3. The molecule has 0 saturated carbocycles. The van der Waals surface area contributed by atoms with Crippen molar-refractivity contribution in [2.24, 2.45) is 0 Å². The summed E-state index contributed by atoms with van der Waals surface area (Å²) >= 11 is 0. The molecule has 52 heavy (non-hydrogen) atoms. The maximum Gasteiger partial charge on any atom is 0.407 e. The Morgan fingerprint density at radius 1 is 0.923 bits per heavy atom. The predicted octanol–water partition coefficient (Wildman–Crippen LogP) is 4.06. The van der Waals surface area contributed by atoms with E-state index in [1.807, 2.05) is 84.9 Å². The van der Waals surface area contributed by atoms with E-state index in [-0.39, 0.29) is 25.3 Å². The summed E-state index contributed by atoms with van der Waals surface area (Å²) < 4.78 is 25.0. The second-order valence-electron chi connectivity index (χ2n) is 12.0. The van der Waals surface area contributed by atoms with E-state index >= 15 is 0 Å². The zero-order valence-corrected chi connectivity index (χ0v) is 28.0. The number of non-ortho nitro benzene ring substituents is 1. The number of carbonyl (C=O) groups excluding carboxylic acids is 1. The van der Waals surface area contributed by atoms with Gasteiger partial charge in [0.2, 0.25) is 0 Å². The Balaban J connectivity index is 1.27. The number of aromatic nitrogens is 2. The molecule has 6 rings (SSSR count). The van der Waals surface area contributed by atoms with E-state index in [2.05, 4.69) is 10.3 Å². The number of amides is 1. The second kappa shape index (κ2) is 15.9. The van der Waals surface area contributed by atoms with Gasteiger partial charge in [-0.15, -0.1) is 0 Å². The maximum absolute atomic E-state index is 13.0. The number of nitro benzene ring substituents is 1. The molecule has 2 heterocycles. The van der Waals surface area contributed by atoms with Gasteiger partial charge in [-0.1, -0.05) is 84.9 Å². The van der Waals surface area contributed by atoms with Gasteiger partial charge in [-0.05, 0) is 34.4 Å². The van der Waals surface area contributed by atoms with Crippen LogP contribution in [0.1, 0.15) is 28.5 Å². The Morgan fingerprint density at radius 2 is 1.54 bits per heavy atom. The number of nitro groups is 1. The standard InChI is InChI=1S/C38H36N4O10/c1-49-30-18-14-28(15-19-30)38(26-8-4-2-5-9-26,27-10-6-3-7-11-27)51-24-31-34(44)33(35(52-31)41-22-20-32(43)39-36(41)45)40-37(46)50-23-21-25-12-16-29(17-13-25)42(47)48/h2-20,22,31,33-35,44H,21,23-24H2,1H3,(H,40,46)(H,39,43,45)/t31-,33-,34-,35-/m1/s1. The zero-order valence-electron chi connectivity index (χ0n) is 28.0. The Labute approximate surface area is 297 Å². The molecule has 1 amide bonds. The molecule has 14 nitrogen and oxygen atoms in total. The number of benzene rings is 4. The minimum absolute atomic E-state index is 0.0616. The number of rotatable bonds is 13. The third-order valence-electron chi connectivity index (χ3n) is 8.87. The molecule has 1 fully saturated rings. The summed E-state index contributed by atoms with van der Waals surface area (Å²) in [5, 5.41) is 25.3. The van der Waals surface area contributed by atoms with Crippen molar-refractivity contribution < 1.29 is 33.8 Å². The summed E-state index contributed by atoms with van der Waals surface area (Å²) in [7, 11) is 1.58. The van der Waals surface area contributed by atoms with E-state index in [4.69, 9.17) is 18.9 Å². The number of carbonyl (C=O) groups is 1. The van der Waals surface area contributed by atoms with Gasteiger partial charge < -0.3 is 29.4 Å². The van der Waals surface area contributed by atoms with Crippen molar-refractivity contribution in [2.75, 3.05) is 20.3 Å². The number of nitrogens with one attached hydrogen (secondary N) is 2. The van der Waals surface area contributed by atoms with E-state index in [0.29, 0.717) is 11.3 Å². The van der Waals surface area contributed by atoms with E-state index < -0.39 is 52.3 Å². The van der Waals surface area contributed by atoms with Gasteiger partial charge in [-0.3, -0.25) is 24.5 Å². The first kappa shape index (κ1) is 35.7. The first-order valence-corrected chi connectivity index (χ1v) is 16.4. The molecule has 0 radical (unpaired) electrons. The highest BCUT2D eigenvalue weighted by molar-refractivity contribution is 5.67. The van der Waals surface area contributed by atoms with Gasteiger partial charge in [0.15, 0.2) is 6.23 Å². The number of nitrogens with zero attached hydrogens (tertiary/aromatic N) is 2. The fourth-order valence-corrected chi connectivity index (χ4v) is 6.26. The minimum Gasteiger partial charge on any atom is -0.497 e. The van der Waals surface area contributed by atoms with Crippen LogP contribution in [-0.2, 0) is 26.2 Å². The fraction of sp³-hybridized carbons (Fsp3) is 0.237. The number of methoxy groups -OCH3 is 1. The summed E-state index contributed by atoms with van der Waals surface area (Å²) in [5.41, 5.74) is 0.332. The normalized spacial score (nSPS) is 18.4. The molecule has 1 aromatic heterocycles. The largest absolute Gasteiger partial charge is 0.497 e. The van der Waals surface area contributed by atoms with Gasteiger partial charge in [0, 0.05) is 30.8 Å². The Hall–Kier alpha value is -6.09. The molecule has 268 valence electrons. The summed E-state index contributed by atoms with van der Waals surface area (Å²) in [6.45, 7) is -0.291. The van der Waals surface area contributed by atoms with Crippen molar-refractivity contribution in [3.63, 3.8) is 0 Å². The highest BCUT2D eigenvalue weighted by atomic mass is 16.6. The number of hydrogen-bond acceptors (Lipinski definition) is 10. The highest BCUT2D eigenvalue weighted by Crippen LogP contribution is 2.42. The molecule has 1 saturated heterocycles. The van der Waals surface area contributed by atoms with Crippen molar-refractivity contribution in [2.45, 2.75) is 36.5 Å². The lowest BCUT2D eigenvalue weighted by Crippen LogP contribution is -2.49. The molecule has 14 heteroatoms. The molecule has 5 aromatic rings. The smallest absolute Gasteiger partial charge is 0.407 e. The molecule has 0 spiro atoms. The van der Waals surface area contributed by atoms with Gasteiger partial charge in [-0.25, -0.2) is 9.59 Å². The fourth-order valence-electron chi connectivity index (χ4n) is 6.26. The van der Waals surface area contributed by atoms with E-state index in [9.17, 15) is 29.6 Å². The number of ether oxygens (including phenoxy) is 4. The second-order valence-corrected chi connectivity index (χ2v) is 12.0. The monoisotopic (exact) mass is 708 g/mol. The number of aliphatic hydroxyl groups excluding tert-OH is 1. The molecule has 3 N–H and O–H groups in total. The third-order valence-corrected chi connectivity index (χ3v) is 8.87. The van der Waals surface area contributed by atoms with Crippen LogP contribution < -0.4 is 21.3 Å². The predicted molar refractivity (Wildman–Crippen MR) is 188 cm³/mol. The molecule has 0 unspecified atom stereocenters. The molecular formula is C38H36N4O10. The van der Waals surface area contributed by atoms with Crippen LogP contribution in [0.3, 0.4) is 0 Å². The Kier molecular flexibility index (Phi) is 10.9. The quantitative estimate of drug-likeness (QED) is 0.0916. The minimum atomic E-state index is -1.41. The molecule has 1 aliphatic rings. The maximum atomic E-state index is 13.0. The zero-order chi connectivity index (χ0) is 36.7. The lowest BCUT2D eigenvalue weighted by atomic mass is 9.80. The van der Waals surface area contributed by atoms with Crippen molar-refractivity contribution >= 4 is 11.8 Å². The van der Waals surface area contributed by atoms with Crippen LogP contribution in [0.2, 0.25) is 0 Å². The van der Waals surface area contributed by atoms with Gasteiger partial charge in [0.1, 0.15) is 29.6 Å². The van der Waals surface area contributed by atoms with E-state index in [1.165, 1.54) is 18.3 Å². The third kappa shape index (κ3) is 7.63. The van der Waals surface area contributed by atoms with E-state index in [1.54, 1.807) is 19.2 Å². The average Bonchev–Trinajstić information content (AvgIpc) is 3.46. The Bertz CT molecular complexity index is 2050. The number of H-pyrrole nitrogens is 1. The van der Waals surface area contributed by atoms with E-state index in [0.717, 1.165) is 27.3 Å². The SMILES string of the molecule is COc1ccc(C(OC[C@H]2O[C@@H](n3ccc(=O)[nH]c3=O)[C@H](NC(=O)OCCc3ccc([N+](=O)[O-])cc3)[C@@H]2O)(c2ccccc2)c2ccccc2)cc1. The van der Waals surface area contributed by atoms with Gasteiger partial charge in [0.25, 0.3) is 11.2 Å². The van der Waals surface area contributed by atoms with Crippen molar-refractivity contribution in [3.05, 3.63) is 175 Å². The molecule has 1 aliphatic heterocycles. The lowest BCUT2D eigenvalue weighted by molar-refractivity contribution is -0.384. The van der Waals surface area contributed by atoms with Crippen LogP contribution in [0, 0.1) is 10.1 Å². The summed E-state index contributed by atoms with van der Waals surface area (Å²) in [4.78, 5) is 50.5. The first-order valence-electron chi connectivity index (χ1n) is 16.4. The van der Waals surface area contributed by atoms with Crippen molar-refractivity contribution in [3.8, 4) is 5.75 Å². The van der Waals surface area contributed by atoms with Gasteiger partial charge >= 0.3 is 11.8 Å². The number of aliphatic hydroxyl groups is 1. The van der Waals surface area contributed by atoms with Crippen LogP contribution >= 0.6 is 0 Å². The van der Waals surface area contributed by atoms with Gasteiger partial charge in [-0.2, -0.15) is 0 Å². The molecule has 0 bridgehead atoms. The molecule has 4 aromatic carbocycles. The van der Waals surface area contributed by atoms with Crippen LogP contribution in [-0.4, -0.2) is 64.2 Å². The van der Waals surface area contributed by atoms with Crippen LogP contribution in [0.25, 0.3) is 0 Å². The average molecular weight is 709 g/mol. The first-order chi connectivity index (χ1) is 25.2.